The fourth-order valence-corrected chi connectivity index (χ4v) is 6.02. The molecule has 0 bridgehead atoms. The van der Waals surface area contributed by atoms with Crippen LogP contribution in [0.3, 0.4) is 0 Å². The number of carboxylic acid groups (broad SMARTS) is 1. The molecule has 11 atom stereocenters. The normalized spacial score (nSPS) is 36.6. The Hall–Kier alpha value is -3.49. The number of ether oxygens (including phenoxy) is 6. The summed E-state index contributed by atoms with van der Waals surface area (Å²) >= 11 is 4.57. The molecule has 19 heteroatoms. The van der Waals surface area contributed by atoms with Gasteiger partial charge in [-0.15, -0.1) is 0 Å². The molecule has 266 valence electrons. The summed E-state index contributed by atoms with van der Waals surface area (Å²) in [5, 5.41) is 75.3. The highest BCUT2D eigenvalue weighted by molar-refractivity contribution is 7.78. The summed E-state index contributed by atoms with van der Waals surface area (Å²) in [5.74, 6) is -6.55. The fourth-order valence-electron chi connectivity index (χ4n) is 5.92. The molecule has 2 fully saturated rings. The zero-order valence-electron chi connectivity index (χ0n) is 26.5. The van der Waals surface area contributed by atoms with Crippen molar-refractivity contribution in [1.82, 2.24) is 0 Å². The topological polar surface area (TPSA) is 281 Å². The van der Waals surface area contributed by atoms with Crippen molar-refractivity contribution in [3.8, 4) is 0 Å². The molecule has 48 heavy (non-hydrogen) atoms. The Morgan fingerprint density at radius 1 is 1.25 bits per heavy atom. The highest BCUT2D eigenvalue weighted by Crippen LogP contribution is 2.42. The average Bonchev–Trinajstić information content (AvgIpc) is 3.01. The van der Waals surface area contributed by atoms with Crippen LogP contribution in [-0.4, -0.2) is 145 Å². The fraction of sp³-hybridized carbons (Fsp3) is 0.655. The van der Waals surface area contributed by atoms with Gasteiger partial charge >= 0.3 is 17.9 Å². The first-order chi connectivity index (χ1) is 22.4. The number of allylic oxidation sites excluding steroid dienone is 1. The highest BCUT2D eigenvalue weighted by Gasteiger charge is 2.61. The van der Waals surface area contributed by atoms with E-state index in [0.717, 1.165) is 6.92 Å². The number of hydrogen-bond donors (Lipinski definition) is 7. The number of esters is 2. The Bertz CT molecular complexity index is 1430. The minimum Gasteiger partial charge on any atom is -0.508 e. The van der Waals surface area contributed by atoms with Gasteiger partial charge < -0.3 is 59.1 Å². The summed E-state index contributed by atoms with van der Waals surface area (Å²) in [7, 11) is 1.25. The number of ketones is 1. The van der Waals surface area contributed by atoms with Gasteiger partial charge in [0.25, 0.3) is 0 Å². The Morgan fingerprint density at radius 2 is 1.90 bits per heavy atom. The third-order valence-electron chi connectivity index (χ3n) is 8.48. The number of rotatable bonds is 11. The second-order valence-electron chi connectivity index (χ2n) is 11.4. The van der Waals surface area contributed by atoms with Gasteiger partial charge in [0, 0.05) is 20.5 Å². The number of carbonyl (C=O) groups excluding carboxylic acids is 3. The van der Waals surface area contributed by atoms with Crippen LogP contribution in [-0.2, 0) is 47.6 Å². The minimum atomic E-state index is -3.00. The third kappa shape index (κ3) is 7.40. The molecular formula is C29H38N2O16S. The zero-order valence-corrected chi connectivity index (χ0v) is 27.3. The second kappa shape index (κ2) is 15.4. The highest BCUT2D eigenvalue weighted by atomic mass is 32.1. The van der Waals surface area contributed by atoms with Crippen LogP contribution >= 0.6 is 12.2 Å². The Balaban J connectivity index is 2.17. The van der Waals surface area contributed by atoms with Crippen molar-refractivity contribution in [1.29, 1.82) is 5.41 Å². The number of Topliss-reactive ketones (excluding diaryl/α,β-unsaturated/α-hetero) is 1. The van der Waals surface area contributed by atoms with Gasteiger partial charge in [-0.1, -0.05) is 6.08 Å². The van der Waals surface area contributed by atoms with Crippen molar-refractivity contribution in [2.24, 2.45) is 4.99 Å². The van der Waals surface area contributed by atoms with Gasteiger partial charge in [-0.3, -0.25) is 15.0 Å². The van der Waals surface area contributed by atoms with Gasteiger partial charge in [-0.25, -0.2) is 9.59 Å². The lowest BCUT2D eigenvalue weighted by Gasteiger charge is -2.51. The quantitative estimate of drug-likeness (QED) is 0.0580. The molecule has 0 aromatic carbocycles. The molecule has 0 aromatic heterocycles. The van der Waals surface area contributed by atoms with Crippen molar-refractivity contribution in [3.63, 3.8) is 0 Å². The van der Waals surface area contributed by atoms with Crippen LogP contribution in [0, 0.1) is 5.41 Å². The van der Waals surface area contributed by atoms with Gasteiger partial charge in [0.2, 0.25) is 0 Å². The minimum absolute atomic E-state index is 0.296. The number of aliphatic imine (C=N–C) groups is 1. The first-order valence-corrected chi connectivity index (χ1v) is 15.0. The van der Waals surface area contributed by atoms with Gasteiger partial charge in [0.1, 0.15) is 53.7 Å². The lowest BCUT2D eigenvalue weighted by atomic mass is 9.74. The SMILES string of the molecule is C/C=C(/N=C=S)C(=O)OC1C(COC(C)=O)OC(C2(O)CC(=O)C(=N)C(C(=O)O)=C2O)C(O)C1OC1CC(OC)C(O)(C(C)O)C(C)O1. The van der Waals surface area contributed by atoms with E-state index in [1.165, 1.54) is 34.0 Å². The number of carboxylic acids is 1. The summed E-state index contributed by atoms with van der Waals surface area (Å²) in [6.07, 6.45) is -14.9. The lowest BCUT2D eigenvalue weighted by Crippen LogP contribution is -2.70. The predicted molar refractivity (Wildman–Crippen MR) is 161 cm³/mol. The average molecular weight is 703 g/mol. The van der Waals surface area contributed by atoms with Crippen LogP contribution in [0.1, 0.15) is 40.5 Å². The monoisotopic (exact) mass is 702 g/mol. The molecule has 7 N–H and O–H groups in total. The second-order valence-corrected chi connectivity index (χ2v) is 11.6. The predicted octanol–water partition coefficient (Wildman–Crippen LogP) is -1.14. The maximum Gasteiger partial charge on any atom is 0.357 e. The van der Waals surface area contributed by atoms with E-state index in [9.17, 15) is 49.8 Å². The number of nitrogens with one attached hydrogen (secondary N) is 1. The number of hydrogen-bond acceptors (Lipinski definition) is 18. The largest absolute Gasteiger partial charge is 0.508 e. The number of thiocarbonyl (C=S) groups is 1. The van der Waals surface area contributed by atoms with Crippen LogP contribution in [0.4, 0.5) is 0 Å². The van der Waals surface area contributed by atoms with Crippen LogP contribution in [0.5, 0.6) is 0 Å². The van der Waals surface area contributed by atoms with Crippen LogP contribution in [0.2, 0.25) is 0 Å². The number of isothiocyanates is 1. The lowest BCUT2D eigenvalue weighted by molar-refractivity contribution is -0.344. The molecule has 18 nitrogen and oxygen atoms in total. The van der Waals surface area contributed by atoms with Crippen molar-refractivity contribution in [2.45, 2.75) is 107 Å². The Kier molecular flexibility index (Phi) is 12.5. The first kappa shape index (κ1) is 39.0. The van der Waals surface area contributed by atoms with E-state index < -0.39 is 120 Å². The van der Waals surface area contributed by atoms with Crippen molar-refractivity contribution in [3.05, 3.63) is 23.1 Å². The molecule has 0 saturated carbocycles. The van der Waals surface area contributed by atoms with E-state index in [0.29, 0.717) is 0 Å². The summed E-state index contributed by atoms with van der Waals surface area (Å²) in [4.78, 5) is 53.2. The molecule has 2 heterocycles. The van der Waals surface area contributed by atoms with Gasteiger partial charge in [0.05, 0.1) is 29.9 Å². The molecule has 0 radical (unpaired) electrons. The van der Waals surface area contributed by atoms with E-state index in [1.807, 2.05) is 5.16 Å². The number of carbonyl (C=O) groups is 4. The smallest absolute Gasteiger partial charge is 0.357 e. The molecule has 2 aliphatic heterocycles. The maximum absolute atomic E-state index is 13.2. The molecular weight excluding hydrogens is 664 g/mol. The number of methoxy groups -OCH3 is 1. The van der Waals surface area contributed by atoms with E-state index in [-0.39, 0.29) is 12.1 Å². The van der Waals surface area contributed by atoms with Gasteiger partial charge in [-0.2, -0.15) is 4.99 Å². The van der Waals surface area contributed by atoms with Crippen LogP contribution < -0.4 is 0 Å². The molecule has 0 amide bonds. The number of aliphatic hydroxyl groups is 5. The van der Waals surface area contributed by atoms with E-state index in [1.54, 1.807) is 0 Å². The maximum atomic E-state index is 13.2. The summed E-state index contributed by atoms with van der Waals surface area (Å²) in [6.45, 7) is 4.44. The van der Waals surface area contributed by atoms with E-state index in [4.69, 9.17) is 33.8 Å². The summed E-state index contributed by atoms with van der Waals surface area (Å²) in [5.41, 5.74) is -7.66. The third-order valence-corrected chi connectivity index (χ3v) is 8.57. The Labute approximate surface area is 279 Å². The van der Waals surface area contributed by atoms with Crippen molar-refractivity contribution in [2.75, 3.05) is 13.7 Å². The number of aliphatic hydroxyl groups excluding tert-OH is 3. The first-order valence-electron chi connectivity index (χ1n) is 14.6. The molecule has 11 unspecified atom stereocenters. The van der Waals surface area contributed by atoms with Gasteiger partial charge in [-0.05, 0) is 33.0 Å². The molecule has 3 aliphatic rings. The van der Waals surface area contributed by atoms with Crippen molar-refractivity contribution >= 4 is 46.8 Å². The molecule has 3 rings (SSSR count). The summed E-state index contributed by atoms with van der Waals surface area (Å²) in [6, 6.07) is 0. The van der Waals surface area contributed by atoms with E-state index >= 15 is 0 Å². The van der Waals surface area contributed by atoms with Gasteiger partial charge in [0.15, 0.2) is 29.5 Å². The summed E-state index contributed by atoms with van der Waals surface area (Å²) < 4.78 is 33.8. The van der Waals surface area contributed by atoms with Crippen LogP contribution in [0.15, 0.2) is 28.1 Å². The van der Waals surface area contributed by atoms with Crippen LogP contribution in [0.25, 0.3) is 0 Å². The van der Waals surface area contributed by atoms with E-state index in [2.05, 4.69) is 17.2 Å². The molecule has 1 aliphatic carbocycles. The molecule has 2 saturated heterocycles. The molecule has 0 spiro atoms. The standard InChI is InChI=1S/C29H38N2O16S/c1-6-14(31-10-48)27(39)47-22-16(9-43-13(4)33)45-25(28(40)8-15(34)20(30)19(24(28)36)26(37)38)21(35)23(22)46-18-7-17(42-5)29(41,11(2)32)12(3)44-18/h6,11-12,16-18,21-23,25,30,32,35-36,40-41H,7-9H2,1-5H3,(H,37,38)/b14-6+,30-20?. The zero-order chi connectivity index (χ0) is 36.3. The molecule has 0 aromatic rings. The Morgan fingerprint density at radius 3 is 2.42 bits per heavy atom. The number of nitrogens with zero attached hydrogens (tertiary/aromatic N) is 1. The number of aliphatic carboxylic acids is 1. The van der Waals surface area contributed by atoms with Crippen molar-refractivity contribution < 1.29 is 78.2 Å².